The molecule has 0 spiro atoms. The molecule has 0 aromatic heterocycles. The number of ether oxygens (including phenoxy) is 7. The van der Waals surface area contributed by atoms with Crippen molar-refractivity contribution in [1.29, 1.82) is 0 Å². The van der Waals surface area contributed by atoms with Crippen LogP contribution in [0, 0.1) is 5.92 Å². The molecular weight excluding hydrogens is 1230 g/mol. The summed E-state index contributed by atoms with van der Waals surface area (Å²) in [6.07, 6.45) is 21.0. The lowest BCUT2D eigenvalue weighted by Gasteiger charge is -2.42. The van der Waals surface area contributed by atoms with Crippen LogP contribution >= 0.6 is 0 Å². The van der Waals surface area contributed by atoms with Gasteiger partial charge in [0.1, 0.15) is 34.1 Å². The maximum atomic E-state index is 14.6. The van der Waals surface area contributed by atoms with Crippen LogP contribution in [0.1, 0.15) is 251 Å². The lowest BCUT2D eigenvalue weighted by molar-refractivity contribution is -0.592. The van der Waals surface area contributed by atoms with Crippen molar-refractivity contribution >= 4 is 60.2 Å². The quantitative estimate of drug-likeness (QED) is 0.0110. The summed E-state index contributed by atoms with van der Waals surface area (Å²) in [5.41, 5.74) is -1.35. The van der Waals surface area contributed by atoms with E-state index in [-0.39, 0.29) is 55.1 Å². The van der Waals surface area contributed by atoms with Crippen molar-refractivity contribution in [1.82, 2.24) is 31.1 Å². The van der Waals surface area contributed by atoms with E-state index in [1.807, 2.05) is 12.1 Å². The number of carboxylic acids is 1. The second-order valence-electron chi connectivity index (χ2n) is 29.1. The van der Waals surface area contributed by atoms with Gasteiger partial charge in [-0.05, 0) is 185 Å². The molecule has 4 aliphatic heterocycles. The first-order chi connectivity index (χ1) is 45.2. The van der Waals surface area contributed by atoms with Crippen molar-refractivity contribution in [3.63, 3.8) is 0 Å². The summed E-state index contributed by atoms with van der Waals surface area (Å²) in [7, 11) is 1.67. The van der Waals surface area contributed by atoms with E-state index < -0.39 is 64.8 Å². The van der Waals surface area contributed by atoms with Gasteiger partial charge in [-0.2, -0.15) is 0 Å². The average Bonchev–Trinajstić information content (AvgIpc) is 1.33. The van der Waals surface area contributed by atoms with Gasteiger partial charge in [-0.15, -0.1) is 4.99 Å². The number of methoxy groups -OCH3 is 1. The third-order valence-electron chi connectivity index (χ3n) is 15.9. The number of aliphatic imine (C=N–C) groups is 2. The summed E-state index contributed by atoms with van der Waals surface area (Å²) in [4.78, 5) is 103. The Balaban J connectivity index is 0.00000476. The molecule has 0 unspecified atom stereocenters. The predicted molar refractivity (Wildman–Crippen MR) is 368 cm³/mol. The van der Waals surface area contributed by atoms with Crippen LogP contribution in [0.25, 0.3) is 0 Å². The normalized spacial score (nSPS) is 19.1. The number of nitrogens with one attached hydrogen (secondary N) is 4. The molecule has 2 fully saturated rings. The highest BCUT2D eigenvalue weighted by molar-refractivity contribution is 6.05. The van der Waals surface area contributed by atoms with Gasteiger partial charge in [-0.1, -0.05) is 102 Å². The van der Waals surface area contributed by atoms with Gasteiger partial charge in [0.25, 0.3) is 0 Å². The number of carbonyl (C=O) groups excluding carboxylic acids is 7. The smallest absolute Gasteiger partial charge is 0.437 e. The van der Waals surface area contributed by atoms with E-state index in [2.05, 4.69) is 74.0 Å². The molecule has 1 aromatic rings. The summed E-state index contributed by atoms with van der Waals surface area (Å²) in [5, 5.41) is 21.2. The van der Waals surface area contributed by atoms with E-state index >= 15 is 0 Å². The molecule has 96 heavy (non-hydrogen) atoms. The first kappa shape index (κ1) is 81.0. The average molecular weight is 1350 g/mol. The predicted octanol–water partition coefficient (Wildman–Crippen LogP) is 12.4. The summed E-state index contributed by atoms with van der Waals surface area (Å²) >= 11 is 0. The molecule has 0 saturated carbocycles. The summed E-state index contributed by atoms with van der Waals surface area (Å²) < 4.78 is 42.3. The number of carbonyl (C=O) groups is 7. The number of esters is 2. The van der Waals surface area contributed by atoms with E-state index in [9.17, 15) is 28.8 Å². The van der Waals surface area contributed by atoms with E-state index in [1.165, 1.54) is 43.4 Å². The molecule has 5 rings (SSSR count). The Labute approximate surface area is 571 Å². The van der Waals surface area contributed by atoms with Crippen LogP contribution < -0.4 is 31.1 Å². The number of allylic oxidation sites excluding steroid dienone is 2. The largest absolute Gasteiger partial charge is 0.550 e. The van der Waals surface area contributed by atoms with Crippen molar-refractivity contribution in [2.75, 3.05) is 33.4 Å². The van der Waals surface area contributed by atoms with E-state index in [4.69, 9.17) is 43.1 Å². The molecule has 1 aromatic carbocycles. The van der Waals surface area contributed by atoms with Gasteiger partial charge in [0.05, 0.1) is 56.6 Å². The molecule has 24 heteroatoms. The number of hydrogen-bond donors (Lipinski definition) is 4. The van der Waals surface area contributed by atoms with Crippen LogP contribution in [0.4, 0.5) is 19.2 Å². The minimum Gasteiger partial charge on any atom is -0.550 e. The van der Waals surface area contributed by atoms with Crippen LogP contribution in [0.15, 0.2) is 57.7 Å². The molecule has 2 saturated heterocycles. The highest BCUT2D eigenvalue weighted by Gasteiger charge is 2.51. The zero-order chi connectivity index (χ0) is 71.2. The lowest BCUT2D eigenvalue weighted by Crippen LogP contribution is -2.62. The number of benzene rings is 1. The van der Waals surface area contributed by atoms with Crippen molar-refractivity contribution < 1.29 is 76.4 Å². The van der Waals surface area contributed by atoms with Crippen molar-refractivity contribution in [2.45, 2.75) is 298 Å². The summed E-state index contributed by atoms with van der Waals surface area (Å²) in [6.45, 7) is 27.5. The standard InChI is InChI=1S/C70H113N9O13.C2H4O2/c1-16-17-18-19-20-21-23-26-29-35-51-40-43-55-56(49(2)73-61(78(51)55)72-48-50-38-41-52(86-15)42-39-50)58(80)87-46-32-28-25-22-24-27-30-36-54-57(53-37-34-45-77(53)62(76-65(84)91-69(9,10)11)79(54)66(85)92-70(12,13)14)59(81)88-47-33-31-44-71-60(74-63(82)89-67(3,4)5)75-64(83)90-68(6,7)8;1-2(3)4/h26,29,38-39,41-42,49,51,54-56H,16-25,27-28,30-37,40,43-48H2,1-15H3,(H3,71,72,73,74,75,82,83);1H3,(H,3,4)/b29-26-,76-62+;/t49-,51-,54-,55+,56+;/m1./s1. The number of fused-ring (bicyclic) bond motifs is 2. The summed E-state index contributed by atoms with van der Waals surface area (Å²) in [5.74, 6) is -0.497. The van der Waals surface area contributed by atoms with Crippen molar-refractivity contribution in [2.24, 2.45) is 15.9 Å². The topological polar surface area (TPSA) is 289 Å². The molecule has 0 aliphatic carbocycles. The molecule has 0 radical (unpaired) electrons. The lowest BCUT2D eigenvalue weighted by atomic mass is 9.90. The number of aliphatic carboxylic acids is 1. The zero-order valence-electron chi connectivity index (χ0n) is 60.8. The fourth-order valence-electron chi connectivity index (χ4n) is 11.8. The first-order valence-corrected chi connectivity index (χ1v) is 35.0. The van der Waals surface area contributed by atoms with Crippen LogP contribution in [-0.2, 0) is 49.3 Å². The number of amides is 4. The number of unbranched alkanes of at least 4 members (excludes halogenated alkanes) is 13. The number of carboxylic acid groups (broad SMARTS) is 1. The molecular formula is C72H117N9O15. The second-order valence-corrected chi connectivity index (χ2v) is 29.1. The molecule has 540 valence electrons. The molecule has 0 bridgehead atoms. The van der Waals surface area contributed by atoms with Gasteiger partial charge in [-0.25, -0.2) is 28.9 Å². The Morgan fingerprint density at radius 3 is 1.86 bits per heavy atom. The van der Waals surface area contributed by atoms with Crippen LogP contribution in [-0.4, -0.2) is 155 Å². The Hall–Kier alpha value is -7.40. The van der Waals surface area contributed by atoms with Crippen molar-refractivity contribution in [3.8, 4) is 5.75 Å². The number of hydrogen-bond acceptors (Lipinski definition) is 18. The van der Waals surface area contributed by atoms with Crippen molar-refractivity contribution in [3.05, 3.63) is 53.3 Å². The second kappa shape index (κ2) is 39.7. The highest BCUT2D eigenvalue weighted by atomic mass is 16.6. The fourth-order valence-corrected chi connectivity index (χ4v) is 11.8. The molecule has 4 aliphatic rings. The van der Waals surface area contributed by atoms with Gasteiger partial charge in [0.2, 0.25) is 11.9 Å². The van der Waals surface area contributed by atoms with E-state index in [0.717, 1.165) is 88.4 Å². The van der Waals surface area contributed by atoms with Gasteiger partial charge in [0, 0.05) is 24.8 Å². The third-order valence-corrected chi connectivity index (χ3v) is 15.9. The number of rotatable bonds is 29. The van der Waals surface area contributed by atoms with Gasteiger partial charge < -0.3 is 48.0 Å². The zero-order valence-corrected chi connectivity index (χ0v) is 60.8. The highest BCUT2D eigenvalue weighted by Crippen LogP contribution is 2.38. The Morgan fingerprint density at radius 1 is 0.708 bits per heavy atom. The van der Waals surface area contributed by atoms with Crippen LogP contribution in [0.2, 0.25) is 0 Å². The minimum absolute atomic E-state index is 0.00540. The molecule has 24 nitrogen and oxygen atoms in total. The van der Waals surface area contributed by atoms with Crippen LogP contribution in [0.3, 0.4) is 0 Å². The minimum atomic E-state index is -1.08. The van der Waals surface area contributed by atoms with Gasteiger partial charge in [-0.3, -0.25) is 35.6 Å². The molecule has 4 heterocycles. The number of alkyl carbamates (subject to hydrolysis) is 2. The van der Waals surface area contributed by atoms with E-state index in [0.29, 0.717) is 69.5 Å². The maximum absolute atomic E-state index is 14.6. The fraction of sp³-hybridized carbons (Fsp3) is 0.722. The molecule has 4 N–H and O–H groups in total. The SMILES string of the molecule is CC(=O)[O-].CCCCCCCC/C=C\C[C@@H]1CC[C@H]2[C@@H](C(=O)OCCCCCCCCC[C@@H]3C(C(=O)OCCCCN=C(NC(=O)OC(C)(C)C)NC(=O)OC(C)(C)C)=C4CCCN4/C(=N\C(=O)OC(C)(C)C)N3C(=O)OC(C)(C)C)[C@@H](C)NC(NCc3ccc(OC)cc3)=[N+]12. The first-order valence-electron chi connectivity index (χ1n) is 35.0. The third kappa shape index (κ3) is 29.9. The molecule has 5 atom stereocenters. The Morgan fingerprint density at radius 2 is 1.27 bits per heavy atom. The molecule has 4 amide bonds. The number of nitrogens with zero attached hydrogens (tertiary/aromatic N) is 5. The van der Waals surface area contributed by atoms with Gasteiger partial charge >= 0.3 is 42.3 Å². The monoisotopic (exact) mass is 1350 g/mol. The van der Waals surface area contributed by atoms with E-state index in [1.54, 1.807) is 95.1 Å². The number of guanidine groups is 3. The maximum Gasteiger partial charge on any atom is 0.437 e. The Bertz CT molecular complexity index is 2810. The van der Waals surface area contributed by atoms with Crippen LogP contribution in [0.5, 0.6) is 5.75 Å². The van der Waals surface area contributed by atoms with Gasteiger partial charge in [0.15, 0.2) is 0 Å². The summed E-state index contributed by atoms with van der Waals surface area (Å²) in [6, 6.07) is 7.36. The Kier molecular flexibility index (Phi) is 33.5.